The number of ether oxygens (including phenoxy) is 1. The lowest BCUT2D eigenvalue weighted by Crippen LogP contribution is -2.16. The van der Waals surface area contributed by atoms with Crippen LogP contribution in [0.15, 0.2) is 6.20 Å². The molecular weight excluding hydrogens is 288 g/mol. The summed E-state index contributed by atoms with van der Waals surface area (Å²) in [5.74, 6) is 0.685. The second kappa shape index (κ2) is 8.98. The summed E-state index contributed by atoms with van der Waals surface area (Å²) in [6.07, 6.45) is 5.85. The fourth-order valence-corrected chi connectivity index (χ4v) is 2.13. The van der Waals surface area contributed by atoms with E-state index < -0.39 is 5.97 Å². The minimum absolute atomic E-state index is 0.141. The largest absolute Gasteiger partial charge is 0.461 e. The molecule has 1 atom stereocenters. The molecule has 0 aliphatic carbocycles. The summed E-state index contributed by atoms with van der Waals surface area (Å²) in [5.41, 5.74) is 0.167. The van der Waals surface area contributed by atoms with Crippen LogP contribution in [-0.4, -0.2) is 22.5 Å². The highest BCUT2D eigenvalue weighted by Gasteiger charge is 2.18. The monoisotopic (exact) mass is 312 g/mol. The van der Waals surface area contributed by atoms with Gasteiger partial charge in [0.2, 0.25) is 0 Å². The molecule has 0 aliphatic heterocycles. The molecule has 1 aromatic rings. The molecule has 118 valence electrons. The topological polar surface area (TPSA) is 52.1 Å². The molecule has 0 fully saturated rings. The van der Waals surface area contributed by atoms with Gasteiger partial charge in [0, 0.05) is 5.92 Å². The minimum Gasteiger partial charge on any atom is -0.461 e. The third kappa shape index (κ3) is 5.62. The van der Waals surface area contributed by atoms with Crippen LogP contribution in [0.1, 0.15) is 75.6 Å². The fourth-order valence-electron chi connectivity index (χ4n) is 1.96. The van der Waals surface area contributed by atoms with E-state index in [9.17, 15) is 4.79 Å². The lowest BCUT2D eigenvalue weighted by molar-refractivity contribution is 0.0421. The molecular formula is C16H25ClN2O2. The van der Waals surface area contributed by atoms with Crippen LogP contribution in [0.2, 0.25) is 5.02 Å². The maximum absolute atomic E-state index is 12.1. The molecule has 1 heterocycles. The molecule has 0 amide bonds. The van der Waals surface area contributed by atoms with Crippen LogP contribution in [0.4, 0.5) is 0 Å². The Balaban J connectivity index is 2.68. The Morgan fingerprint density at radius 3 is 2.67 bits per heavy atom. The number of nitrogens with zero attached hydrogens (tertiary/aromatic N) is 2. The Morgan fingerprint density at radius 2 is 2.10 bits per heavy atom. The fraction of sp³-hybridized carbons (Fsp3) is 0.688. The van der Waals surface area contributed by atoms with Crippen molar-refractivity contribution in [3.05, 3.63) is 22.7 Å². The number of carbonyl (C=O) groups is 1. The summed E-state index contributed by atoms with van der Waals surface area (Å²) >= 11 is 6.00. The van der Waals surface area contributed by atoms with E-state index in [1.165, 1.54) is 6.20 Å². The van der Waals surface area contributed by atoms with Crippen molar-refractivity contribution in [3.8, 4) is 0 Å². The highest BCUT2D eigenvalue weighted by Crippen LogP contribution is 2.18. The second-order valence-electron chi connectivity index (χ2n) is 5.59. The van der Waals surface area contributed by atoms with Crippen molar-refractivity contribution in [3.63, 3.8) is 0 Å². The van der Waals surface area contributed by atoms with Crippen molar-refractivity contribution >= 4 is 17.6 Å². The zero-order valence-electron chi connectivity index (χ0n) is 13.4. The van der Waals surface area contributed by atoms with E-state index in [2.05, 4.69) is 23.8 Å². The van der Waals surface area contributed by atoms with E-state index >= 15 is 0 Å². The Labute approximate surface area is 132 Å². The van der Waals surface area contributed by atoms with Crippen molar-refractivity contribution in [2.75, 3.05) is 6.61 Å². The molecule has 1 aromatic heterocycles. The predicted molar refractivity (Wildman–Crippen MR) is 84.7 cm³/mol. The van der Waals surface area contributed by atoms with E-state index in [1.54, 1.807) is 0 Å². The maximum Gasteiger partial charge on any atom is 0.358 e. The van der Waals surface area contributed by atoms with Crippen molar-refractivity contribution in [1.82, 2.24) is 9.97 Å². The van der Waals surface area contributed by atoms with Crippen LogP contribution in [0.25, 0.3) is 0 Å². The maximum atomic E-state index is 12.1. The molecule has 0 bridgehead atoms. The van der Waals surface area contributed by atoms with Gasteiger partial charge in [-0.25, -0.2) is 14.8 Å². The average molecular weight is 313 g/mol. The number of esters is 1. The van der Waals surface area contributed by atoms with Crippen LogP contribution in [0.5, 0.6) is 0 Å². The molecule has 21 heavy (non-hydrogen) atoms. The summed E-state index contributed by atoms with van der Waals surface area (Å²) < 4.78 is 5.38. The number of rotatable bonds is 8. The average Bonchev–Trinajstić information content (AvgIpc) is 2.47. The first-order valence-corrected chi connectivity index (χ1v) is 8.06. The number of aromatic nitrogens is 2. The highest BCUT2D eigenvalue weighted by molar-refractivity contribution is 6.33. The van der Waals surface area contributed by atoms with Crippen LogP contribution in [0.3, 0.4) is 0 Å². The molecule has 0 aromatic carbocycles. The van der Waals surface area contributed by atoms with E-state index in [4.69, 9.17) is 16.3 Å². The van der Waals surface area contributed by atoms with Crippen molar-refractivity contribution in [1.29, 1.82) is 0 Å². The van der Waals surface area contributed by atoms with E-state index in [-0.39, 0.29) is 16.6 Å². The van der Waals surface area contributed by atoms with Gasteiger partial charge in [-0.3, -0.25) is 0 Å². The van der Waals surface area contributed by atoms with Gasteiger partial charge in [-0.2, -0.15) is 0 Å². The SMILES string of the molecule is CCCCC(CC)COC(=O)c1nc(C(C)C)ncc1Cl. The molecule has 4 nitrogen and oxygen atoms in total. The van der Waals surface area contributed by atoms with Crippen molar-refractivity contribution < 1.29 is 9.53 Å². The number of hydrogen-bond acceptors (Lipinski definition) is 4. The van der Waals surface area contributed by atoms with Crippen LogP contribution < -0.4 is 0 Å². The molecule has 1 unspecified atom stereocenters. The Hall–Kier alpha value is -1.16. The molecule has 0 aliphatic rings. The van der Waals surface area contributed by atoms with Gasteiger partial charge < -0.3 is 4.74 Å². The van der Waals surface area contributed by atoms with Crippen LogP contribution in [-0.2, 0) is 4.74 Å². The Kier molecular flexibility index (Phi) is 7.65. The van der Waals surface area contributed by atoms with Gasteiger partial charge in [0.15, 0.2) is 5.69 Å². The van der Waals surface area contributed by atoms with Gasteiger partial charge in [0.1, 0.15) is 5.82 Å². The van der Waals surface area contributed by atoms with Crippen LogP contribution in [0, 0.1) is 5.92 Å². The van der Waals surface area contributed by atoms with E-state index in [1.807, 2.05) is 13.8 Å². The summed E-state index contributed by atoms with van der Waals surface area (Å²) in [5, 5.41) is 0.242. The van der Waals surface area contributed by atoms with Gasteiger partial charge in [-0.15, -0.1) is 0 Å². The molecule has 5 heteroatoms. The Bertz CT molecular complexity index is 464. The zero-order chi connectivity index (χ0) is 15.8. The third-order valence-corrected chi connectivity index (χ3v) is 3.74. The molecule has 0 saturated carbocycles. The first-order chi connectivity index (χ1) is 9.99. The van der Waals surface area contributed by atoms with Gasteiger partial charge in [0.25, 0.3) is 0 Å². The number of hydrogen-bond donors (Lipinski definition) is 0. The van der Waals surface area contributed by atoms with Gasteiger partial charge in [-0.1, -0.05) is 58.6 Å². The van der Waals surface area contributed by atoms with E-state index in [0.717, 1.165) is 25.7 Å². The van der Waals surface area contributed by atoms with Crippen molar-refractivity contribution in [2.24, 2.45) is 5.92 Å². The van der Waals surface area contributed by atoms with Gasteiger partial charge >= 0.3 is 5.97 Å². The minimum atomic E-state index is -0.459. The first kappa shape index (κ1) is 17.9. The molecule has 0 saturated heterocycles. The second-order valence-corrected chi connectivity index (χ2v) is 6.00. The lowest BCUT2D eigenvalue weighted by Gasteiger charge is -2.15. The van der Waals surface area contributed by atoms with Gasteiger partial charge in [-0.05, 0) is 12.3 Å². The summed E-state index contributed by atoms with van der Waals surface area (Å²) in [6.45, 7) is 8.63. The van der Waals surface area contributed by atoms with E-state index in [0.29, 0.717) is 18.3 Å². The molecule has 1 rings (SSSR count). The molecule has 0 radical (unpaired) electrons. The molecule has 0 spiro atoms. The summed E-state index contributed by atoms with van der Waals surface area (Å²) in [4.78, 5) is 20.5. The van der Waals surface area contributed by atoms with Crippen LogP contribution >= 0.6 is 11.6 Å². The standard InChI is InChI=1S/C16H25ClN2O2/c1-5-7-8-12(6-2)10-21-16(20)14-13(17)9-18-15(19-14)11(3)4/h9,11-12H,5-8,10H2,1-4H3. The number of carbonyl (C=O) groups excluding carboxylic acids is 1. The predicted octanol–water partition coefficient (Wildman–Crippen LogP) is 4.63. The zero-order valence-corrected chi connectivity index (χ0v) is 14.1. The third-order valence-electron chi connectivity index (χ3n) is 3.47. The number of unbranched alkanes of at least 4 members (excludes halogenated alkanes) is 1. The highest BCUT2D eigenvalue weighted by atomic mass is 35.5. The summed E-state index contributed by atoms with van der Waals surface area (Å²) in [6, 6.07) is 0. The Morgan fingerprint density at radius 1 is 1.38 bits per heavy atom. The molecule has 0 N–H and O–H groups in total. The normalized spacial score (nSPS) is 12.5. The smallest absolute Gasteiger partial charge is 0.358 e. The quantitative estimate of drug-likeness (QED) is 0.657. The van der Waals surface area contributed by atoms with Gasteiger partial charge in [0.05, 0.1) is 17.8 Å². The lowest BCUT2D eigenvalue weighted by atomic mass is 10.0. The first-order valence-electron chi connectivity index (χ1n) is 7.69. The van der Waals surface area contributed by atoms with Crippen molar-refractivity contribution in [2.45, 2.75) is 59.3 Å². The number of halogens is 1. The summed E-state index contributed by atoms with van der Waals surface area (Å²) in [7, 11) is 0.